The predicted octanol–water partition coefficient (Wildman–Crippen LogP) is 2.01. The van der Waals surface area contributed by atoms with Crippen molar-refractivity contribution in [3.8, 4) is 0 Å². The zero-order valence-corrected chi connectivity index (χ0v) is 23.5. The highest BCUT2D eigenvalue weighted by molar-refractivity contribution is 6.04. The molecule has 0 unspecified atom stereocenters. The molecule has 0 amide bonds. The van der Waals surface area contributed by atoms with Crippen LogP contribution in [0.3, 0.4) is 0 Å². The van der Waals surface area contributed by atoms with Crippen molar-refractivity contribution in [2.45, 2.75) is 49.5 Å². The first-order valence-corrected chi connectivity index (χ1v) is 13.4. The van der Waals surface area contributed by atoms with Crippen LogP contribution in [0, 0.1) is 0 Å². The molecule has 11 heteroatoms. The SMILES string of the molecule is CC(=O)O[C@H]1O[C@](COC(=O)c2ccccc2)([C@@](O)(CO)C(=O)c2ccccc2)[C@@](O)(Cc2ccccc2)[C@H]1OC(C)=O. The summed E-state index contributed by atoms with van der Waals surface area (Å²) in [5, 5.41) is 35.7. The minimum absolute atomic E-state index is 0.0848. The van der Waals surface area contributed by atoms with Gasteiger partial charge in [-0.25, -0.2) is 4.79 Å². The first-order chi connectivity index (χ1) is 20.5. The van der Waals surface area contributed by atoms with E-state index >= 15 is 0 Å². The van der Waals surface area contributed by atoms with Crippen LogP contribution in [0.15, 0.2) is 91.0 Å². The van der Waals surface area contributed by atoms with Gasteiger partial charge in [0.2, 0.25) is 6.29 Å². The van der Waals surface area contributed by atoms with Gasteiger partial charge in [-0.3, -0.25) is 14.4 Å². The fourth-order valence-electron chi connectivity index (χ4n) is 5.32. The molecule has 3 aromatic rings. The zero-order chi connectivity index (χ0) is 31.3. The number of carbonyl (C=O) groups is 4. The second-order valence-corrected chi connectivity index (χ2v) is 10.2. The van der Waals surface area contributed by atoms with Crippen molar-refractivity contribution in [1.82, 2.24) is 0 Å². The number of aliphatic hydroxyl groups is 3. The van der Waals surface area contributed by atoms with Crippen LogP contribution >= 0.6 is 0 Å². The average Bonchev–Trinajstić information content (AvgIpc) is 3.22. The quantitative estimate of drug-likeness (QED) is 0.169. The van der Waals surface area contributed by atoms with Gasteiger partial charge in [0, 0.05) is 25.8 Å². The van der Waals surface area contributed by atoms with E-state index in [1.54, 1.807) is 54.6 Å². The lowest BCUT2D eigenvalue weighted by molar-refractivity contribution is -0.262. The lowest BCUT2D eigenvalue weighted by atomic mass is 9.65. The Balaban J connectivity index is 1.97. The summed E-state index contributed by atoms with van der Waals surface area (Å²) in [6, 6.07) is 23.4. The van der Waals surface area contributed by atoms with Crippen LogP contribution in [0.2, 0.25) is 0 Å². The first kappa shape index (κ1) is 31.5. The number of rotatable bonds is 11. The molecule has 3 aromatic carbocycles. The Labute approximate surface area is 247 Å². The van der Waals surface area contributed by atoms with Crippen LogP contribution in [0.1, 0.15) is 40.1 Å². The molecule has 43 heavy (non-hydrogen) atoms. The first-order valence-electron chi connectivity index (χ1n) is 13.4. The molecule has 0 spiro atoms. The molecule has 1 aliphatic rings. The molecule has 0 aliphatic carbocycles. The Morgan fingerprint density at radius 2 is 1.33 bits per heavy atom. The van der Waals surface area contributed by atoms with Crippen LogP contribution in [0.25, 0.3) is 0 Å². The van der Waals surface area contributed by atoms with Crippen molar-refractivity contribution in [2.24, 2.45) is 0 Å². The number of ketones is 1. The standard InChI is InChI=1S/C32H32O11/c1-21(34)41-27-29(42-22(2)35)43-32(20-40-28(37)25-16-10-5-11-17-25,30(27,38)18-23-12-6-3-7-13-23)31(39,19-33)26(36)24-14-8-4-9-15-24/h3-17,27,29,33,38-39H,18-20H2,1-2H3/t27-,29-,30+,31+,32-/m0/s1. The summed E-state index contributed by atoms with van der Waals surface area (Å²) in [4.78, 5) is 51.6. The van der Waals surface area contributed by atoms with E-state index in [9.17, 15) is 34.5 Å². The molecule has 0 aromatic heterocycles. The number of hydrogen-bond acceptors (Lipinski definition) is 11. The maximum Gasteiger partial charge on any atom is 0.338 e. The van der Waals surface area contributed by atoms with Gasteiger partial charge in [0.15, 0.2) is 23.1 Å². The summed E-state index contributed by atoms with van der Waals surface area (Å²) < 4.78 is 22.4. The minimum atomic E-state index is -3.05. The molecule has 0 bridgehead atoms. The summed E-state index contributed by atoms with van der Waals surface area (Å²) in [7, 11) is 0. The van der Waals surface area contributed by atoms with E-state index in [-0.39, 0.29) is 11.1 Å². The lowest BCUT2D eigenvalue weighted by Gasteiger charge is -2.49. The van der Waals surface area contributed by atoms with Gasteiger partial charge in [0.05, 0.1) is 12.2 Å². The second kappa shape index (κ2) is 12.8. The number of aliphatic hydroxyl groups excluding tert-OH is 1. The number of hydrogen-bond donors (Lipinski definition) is 3. The second-order valence-electron chi connectivity index (χ2n) is 10.2. The third kappa shape index (κ3) is 6.06. The van der Waals surface area contributed by atoms with Crippen LogP contribution in [-0.2, 0) is 35.0 Å². The van der Waals surface area contributed by atoms with E-state index in [1.807, 2.05) is 0 Å². The smallest absolute Gasteiger partial charge is 0.338 e. The number of esters is 3. The fourth-order valence-corrected chi connectivity index (χ4v) is 5.32. The third-order valence-corrected chi connectivity index (χ3v) is 7.35. The van der Waals surface area contributed by atoms with Crippen LogP contribution in [-0.4, -0.2) is 81.4 Å². The van der Waals surface area contributed by atoms with Crippen LogP contribution in [0.4, 0.5) is 0 Å². The minimum Gasteiger partial charge on any atom is -0.459 e. The molecule has 4 rings (SSSR count). The summed E-state index contributed by atoms with van der Waals surface area (Å²) in [5.74, 6) is -3.86. The normalized spacial score (nSPS) is 24.4. The van der Waals surface area contributed by atoms with E-state index < -0.39 is 72.5 Å². The lowest BCUT2D eigenvalue weighted by Crippen LogP contribution is -2.75. The average molecular weight is 593 g/mol. The third-order valence-electron chi connectivity index (χ3n) is 7.35. The molecule has 1 fully saturated rings. The predicted molar refractivity (Wildman–Crippen MR) is 150 cm³/mol. The maximum atomic E-state index is 14.0. The van der Waals surface area contributed by atoms with Crippen molar-refractivity contribution < 1.29 is 53.4 Å². The van der Waals surface area contributed by atoms with E-state index in [0.29, 0.717) is 5.56 Å². The number of Topliss-reactive ketones (excluding diaryl/α,β-unsaturated/α-hetero) is 1. The van der Waals surface area contributed by atoms with Gasteiger partial charge < -0.3 is 34.3 Å². The molecule has 1 heterocycles. The molecule has 0 radical (unpaired) electrons. The zero-order valence-electron chi connectivity index (χ0n) is 23.5. The Hall–Kier alpha value is -4.42. The van der Waals surface area contributed by atoms with Crippen molar-refractivity contribution >= 4 is 23.7 Å². The van der Waals surface area contributed by atoms with E-state index in [1.165, 1.54) is 36.4 Å². The maximum absolute atomic E-state index is 14.0. The Morgan fingerprint density at radius 1 is 0.814 bits per heavy atom. The molecular formula is C32H32O11. The van der Waals surface area contributed by atoms with Gasteiger partial charge in [0.25, 0.3) is 0 Å². The van der Waals surface area contributed by atoms with Crippen LogP contribution < -0.4 is 0 Å². The molecule has 1 aliphatic heterocycles. The number of benzene rings is 3. The molecule has 0 saturated carbocycles. The van der Waals surface area contributed by atoms with Crippen LogP contribution in [0.5, 0.6) is 0 Å². The molecule has 5 atom stereocenters. The number of carbonyl (C=O) groups excluding carboxylic acids is 4. The monoisotopic (exact) mass is 592 g/mol. The number of ether oxygens (including phenoxy) is 4. The largest absolute Gasteiger partial charge is 0.459 e. The van der Waals surface area contributed by atoms with E-state index in [0.717, 1.165) is 13.8 Å². The molecule has 226 valence electrons. The van der Waals surface area contributed by atoms with Gasteiger partial charge in [0.1, 0.15) is 12.2 Å². The Morgan fingerprint density at radius 3 is 1.84 bits per heavy atom. The van der Waals surface area contributed by atoms with Crippen molar-refractivity contribution in [2.75, 3.05) is 13.2 Å². The topological polar surface area (TPSA) is 166 Å². The van der Waals surface area contributed by atoms with Gasteiger partial charge >= 0.3 is 17.9 Å². The summed E-state index contributed by atoms with van der Waals surface area (Å²) in [5.41, 5.74) is -8.06. The summed E-state index contributed by atoms with van der Waals surface area (Å²) in [6.45, 7) is -0.320. The van der Waals surface area contributed by atoms with Gasteiger partial charge in [-0.1, -0.05) is 78.9 Å². The fraction of sp³-hybridized carbons (Fsp3) is 0.312. The van der Waals surface area contributed by atoms with Gasteiger partial charge in [-0.2, -0.15) is 0 Å². The van der Waals surface area contributed by atoms with Crippen molar-refractivity contribution in [3.05, 3.63) is 108 Å². The van der Waals surface area contributed by atoms with Crippen molar-refractivity contribution in [1.29, 1.82) is 0 Å². The van der Waals surface area contributed by atoms with Gasteiger partial charge in [-0.05, 0) is 17.7 Å². The Bertz CT molecular complexity index is 1450. The van der Waals surface area contributed by atoms with E-state index in [4.69, 9.17) is 18.9 Å². The van der Waals surface area contributed by atoms with Gasteiger partial charge in [-0.15, -0.1) is 0 Å². The molecule has 3 N–H and O–H groups in total. The molecule has 11 nitrogen and oxygen atoms in total. The molecule has 1 saturated heterocycles. The summed E-state index contributed by atoms with van der Waals surface area (Å²) >= 11 is 0. The van der Waals surface area contributed by atoms with Crippen molar-refractivity contribution in [3.63, 3.8) is 0 Å². The molecular weight excluding hydrogens is 560 g/mol. The summed E-state index contributed by atoms with van der Waals surface area (Å²) in [6.07, 6.45) is -4.23. The Kier molecular flexibility index (Phi) is 9.41. The highest BCUT2D eigenvalue weighted by Crippen LogP contribution is 2.51. The highest BCUT2D eigenvalue weighted by Gasteiger charge is 2.77. The van der Waals surface area contributed by atoms with E-state index in [2.05, 4.69) is 0 Å². The highest BCUT2D eigenvalue weighted by atomic mass is 16.8.